The van der Waals surface area contributed by atoms with Gasteiger partial charge in [0.2, 0.25) is 5.88 Å². The zero-order valence-electron chi connectivity index (χ0n) is 19.4. The molecule has 1 aromatic heterocycles. The van der Waals surface area contributed by atoms with Gasteiger partial charge in [-0.2, -0.15) is 5.26 Å². The minimum atomic E-state index is -3.36. The summed E-state index contributed by atoms with van der Waals surface area (Å²) in [7, 11) is -3.36. The summed E-state index contributed by atoms with van der Waals surface area (Å²) in [6.45, 7) is 5.18. The monoisotopic (exact) mass is 484 g/mol. The zero-order chi connectivity index (χ0) is 24.5. The van der Waals surface area contributed by atoms with Gasteiger partial charge in [-0.1, -0.05) is 0 Å². The minimum absolute atomic E-state index is 0.171. The van der Waals surface area contributed by atoms with Gasteiger partial charge >= 0.3 is 6.09 Å². The molecular formula is C24H28N4O5S. The number of nitriles is 1. The fourth-order valence-corrected chi connectivity index (χ4v) is 5.02. The molecule has 1 unspecified atom stereocenters. The Morgan fingerprint density at radius 3 is 2.62 bits per heavy atom. The number of hydrogen-bond donors (Lipinski definition) is 1. The van der Waals surface area contributed by atoms with E-state index >= 15 is 0 Å². The molecule has 1 atom stereocenters. The lowest BCUT2D eigenvalue weighted by Gasteiger charge is -2.32. The lowest BCUT2D eigenvalue weighted by atomic mass is 9.91. The van der Waals surface area contributed by atoms with E-state index in [2.05, 4.69) is 16.4 Å². The molecule has 1 amide bonds. The molecule has 1 aromatic carbocycles. The highest BCUT2D eigenvalue weighted by Gasteiger charge is 2.30. The predicted molar refractivity (Wildman–Crippen MR) is 126 cm³/mol. The van der Waals surface area contributed by atoms with Crippen LogP contribution in [0.4, 0.5) is 10.5 Å². The number of aromatic nitrogens is 1. The topological polar surface area (TPSA) is 122 Å². The Balaban J connectivity index is 1.53. The number of pyridine rings is 1. The SMILES string of the molecule is CC(C)OC(=O)N1CCC(Oc2nccc(C3CNc4ccc(S(C)(=O)=O)cc43)c2C#N)CC1. The van der Waals surface area contributed by atoms with Crippen LogP contribution in [0.1, 0.15) is 49.3 Å². The van der Waals surface area contributed by atoms with Gasteiger partial charge in [0, 0.05) is 56.5 Å². The molecule has 9 nitrogen and oxygen atoms in total. The van der Waals surface area contributed by atoms with E-state index in [1.54, 1.807) is 35.4 Å². The molecule has 0 saturated carbocycles. The van der Waals surface area contributed by atoms with Gasteiger partial charge in [-0.25, -0.2) is 18.2 Å². The normalized spacial score (nSPS) is 18.2. The van der Waals surface area contributed by atoms with Gasteiger partial charge in [-0.3, -0.25) is 0 Å². The Kier molecular flexibility index (Phi) is 6.66. The van der Waals surface area contributed by atoms with E-state index in [1.165, 1.54) is 6.26 Å². The maximum Gasteiger partial charge on any atom is 0.410 e. The first-order valence-electron chi connectivity index (χ1n) is 11.3. The number of anilines is 1. The van der Waals surface area contributed by atoms with Crippen molar-refractivity contribution >= 4 is 21.6 Å². The van der Waals surface area contributed by atoms with Crippen molar-refractivity contribution in [3.63, 3.8) is 0 Å². The Morgan fingerprint density at radius 1 is 1.24 bits per heavy atom. The summed E-state index contributed by atoms with van der Waals surface area (Å²) in [5.41, 5.74) is 2.76. The van der Waals surface area contributed by atoms with Crippen molar-refractivity contribution in [3.8, 4) is 11.9 Å². The number of carbonyl (C=O) groups is 1. The van der Waals surface area contributed by atoms with E-state index in [-0.39, 0.29) is 35.0 Å². The van der Waals surface area contributed by atoms with Crippen LogP contribution in [0.15, 0.2) is 35.4 Å². The molecule has 34 heavy (non-hydrogen) atoms. The molecular weight excluding hydrogens is 456 g/mol. The number of fused-ring (bicyclic) bond motifs is 1. The summed E-state index contributed by atoms with van der Waals surface area (Å²) in [4.78, 5) is 18.3. The fourth-order valence-electron chi connectivity index (χ4n) is 4.36. The largest absolute Gasteiger partial charge is 0.473 e. The summed E-state index contributed by atoms with van der Waals surface area (Å²) in [6, 6.07) is 9.03. The lowest BCUT2D eigenvalue weighted by Crippen LogP contribution is -2.42. The average molecular weight is 485 g/mol. The third kappa shape index (κ3) is 4.94. The van der Waals surface area contributed by atoms with Crippen LogP contribution in [0.25, 0.3) is 0 Å². The Labute approximate surface area is 199 Å². The van der Waals surface area contributed by atoms with Crippen molar-refractivity contribution in [1.29, 1.82) is 5.26 Å². The first-order chi connectivity index (χ1) is 16.2. The van der Waals surface area contributed by atoms with Crippen molar-refractivity contribution in [2.45, 2.75) is 49.7 Å². The zero-order valence-corrected chi connectivity index (χ0v) is 20.3. The highest BCUT2D eigenvalue weighted by atomic mass is 32.2. The lowest BCUT2D eigenvalue weighted by molar-refractivity contribution is 0.0506. The summed E-state index contributed by atoms with van der Waals surface area (Å²) in [5.74, 6) is 0.0558. The van der Waals surface area contributed by atoms with Crippen LogP contribution in [-0.2, 0) is 14.6 Å². The van der Waals surface area contributed by atoms with Gasteiger partial charge in [0.15, 0.2) is 9.84 Å². The first kappa shape index (κ1) is 23.8. The number of piperidine rings is 1. The van der Waals surface area contributed by atoms with E-state index in [0.29, 0.717) is 38.0 Å². The molecule has 180 valence electrons. The van der Waals surface area contributed by atoms with Crippen molar-refractivity contribution in [2.24, 2.45) is 0 Å². The second-order valence-corrected chi connectivity index (χ2v) is 10.9. The van der Waals surface area contributed by atoms with E-state index in [1.807, 2.05) is 13.8 Å². The molecule has 1 saturated heterocycles. The van der Waals surface area contributed by atoms with Crippen LogP contribution >= 0.6 is 0 Å². The van der Waals surface area contributed by atoms with E-state index in [0.717, 1.165) is 16.8 Å². The maximum absolute atomic E-state index is 12.1. The average Bonchev–Trinajstić information content (AvgIpc) is 3.21. The predicted octanol–water partition coefficient (Wildman–Crippen LogP) is 3.30. The van der Waals surface area contributed by atoms with Crippen LogP contribution in [0, 0.1) is 11.3 Å². The maximum atomic E-state index is 12.1. The minimum Gasteiger partial charge on any atom is -0.473 e. The number of rotatable bonds is 5. The summed E-state index contributed by atoms with van der Waals surface area (Å²) >= 11 is 0. The number of likely N-dealkylation sites (tertiary alicyclic amines) is 1. The molecule has 1 fully saturated rings. The first-order valence-corrected chi connectivity index (χ1v) is 13.2. The number of nitrogens with one attached hydrogen (secondary N) is 1. The standard InChI is InChI=1S/C24H28N4O5S/c1-15(2)32-24(29)28-10-7-16(8-11-28)33-23-20(13-25)18(6-9-26-23)21-14-27-22-5-4-17(12-19(21)22)34(3,30)31/h4-6,9,12,15-16,21,27H,7-8,10-11,14H2,1-3H3. The third-order valence-electron chi connectivity index (χ3n) is 6.07. The van der Waals surface area contributed by atoms with Crippen LogP contribution in [-0.4, -0.2) is 62.5 Å². The Bertz CT molecular complexity index is 1230. The van der Waals surface area contributed by atoms with Crippen LogP contribution in [0.2, 0.25) is 0 Å². The van der Waals surface area contributed by atoms with E-state index in [4.69, 9.17) is 9.47 Å². The number of nitrogens with zero attached hydrogens (tertiary/aromatic N) is 3. The second kappa shape index (κ2) is 9.50. The number of hydrogen-bond acceptors (Lipinski definition) is 8. The van der Waals surface area contributed by atoms with Gasteiger partial charge < -0.3 is 19.7 Å². The van der Waals surface area contributed by atoms with Crippen molar-refractivity contribution in [2.75, 3.05) is 31.2 Å². The Morgan fingerprint density at radius 2 is 1.97 bits per heavy atom. The molecule has 0 bridgehead atoms. The summed E-state index contributed by atoms with van der Waals surface area (Å²) in [5, 5.41) is 13.3. The summed E-state index contributed by atoms with van der Waals surface area (Å²) in [6.07, 6.45) is 3.33. The number of benzene rings is 1. The smallest absolute Gasteiger partial charge is 0.410 e. The molecule has 4 rings (SSSR count). The third-order valence-corrected chi connectivity index (χ3v) is 7.18. The fraction of sp³-hybridized carbons (Fsp3) is 0.458. The van der Waals surface area contributed by atoms with Gasteiger partial charge in [0.05, 0.1) is 11.0 Å². The van der Waals surface area contributed by atoms with Gasteiger partial charge in [-0.15, -0.1) is 0 Å². The molecule has 3 heterocycles. The van der Waals surface area contributed by atoms with Crippen LogP contribution < -0.4 is 10.1 Å². The molecule has 2 aliphatic rings. The highest BCUT2D eigenvalue weighted by Crippen LogP contribution is 2.40. The van der Waals surface area contributed by atoms with Crippen molar-refractivity contribution in [1.82, 2.24) is 9.88 Å². The Hall–Kier alpha value is -3.32. The van der Waals surface area contributed by atoms with Crippen LogP contribution in [0.3, 0.4) is 0 Å². The number of ether oxygens (including phenoxy) is 2. The highest BCUT2D eigenvalue weighted by molar-refractivity contribution is 7.90. The molecule has 2 aromatic rings. The molecule has 2 aliphatic heterocycles. The number of sulfone groups is 1. The number of carbonyl (C=O) groups excluding carboxylic acids is 1. The number of amides is 1. The molecule has 0 radical (unpaired) electrons. The van der Waals surface area contributed by atoms with E-state index < -0.39 is 9.84 Å². The molecule has 0 spiro atoms. The van der Waals surface area contributed by atoms with Gasteiger partial charge in [0.25, 0.3) is 0 Å². The quantitative estimate of drug-likeness (QED) is 0.686. The van der Waals surface area contributed by atoms with E-state index in [9.17, 15) is 18.5 Å². The molecule has 0 aliphatic carbocycles. The van der Waals surface area contributed by atoms with Gasteiger partial charge in [-0.05, 0) is 49.2 Å². The van der Waals surface area contributed by atoms with Crippen molar-refractivity contribution in [3.05, 3.63) is 47.2 Å². The van der Waals surface area contributed by atoms with Gasteiger partial charge in [0.1, 0.15) is 17.7 Å². The second-order valence-electron chi connectivity index (χ2n) is 8.88. The van der Waals surface area contributed by atoms with Crippen molar-refractivity contribution < 1.29 is 22.7 Å². The summed E-state index contributed by atoms with van der Waals surface area (Å²) < 4.78 is 35.5. The molecule has 10 heteroatoms. The molecule has 1 N–H and O–H groups in total. The van der Waals surface area contributed by atoms with Crippen LogP contribution in [0.5, 0.6) is 5.88 Å².